The van der Waals surface area contributed by atoms with Crippen LogP contribution in [-0.2, 0) is 16.6 Å². The van der Waals surface area contributed by atoms with Crippen LogP contribution in [0.5, 0.6) is 5.75 Å². The van der Waals surface area contributed by atoms with E-state index in [1.807, 2.05) is 13.8 Å². The number of hydrogen-bond donors (Lipinski definition) is 0. The number of hydrogen-bond acceptors (Lipinski definition) is 3. The first-order chi connectivity index (χ1) is 9.09. The number of nitriles is 1. The molecule has 0 N–H and O–H groups in total. The van der Waals surface area contributed by atoms with Crippen LogP contribution < -0.4 is 4.74 Å². The molecule has 100 valence electrons. The van der Waals surface area contributed by atoms with Gasteiger partial charge in [0.1, 0.15) is 5.75 Å². The van der Waals surface area contributed by atoms with Gasteiger partial charge in [-0.05, 0) is 43.9 Å². The van der Waals surface area contributed by atoms with Crippen molar-refractivity contribution >= 4 is 0 Å². The van der Waals surface area contributed by atoms with Gasteiger partial charge in [-0.2, -0.15) is 5.26 Å². The maximum atomic E-state index is 9.46. The van der Waals surface area contributed by atoms with E-state index >= 15 is 0 Å². The normalized spacial score (nSPS) is 20.7. The molecule has 0 bridgehead atoms. The van der Waals surface area contributed by atoms with Crippen molar-refractivity contribution in [1.29, 1.82) is 5.26 Å². The highest BCUT2D eigenvalue weighted by molar-refractivity contribution is 5.44. The number of fused-ring (bicyclic) bond motifs is 1. The summed E-state index contributed by atoms with van der Waals surface area (Å²) in [6.07, 6.45) is 2.13. The topological polar surface area (TPSA) is 42.2 Å². The van der Waals surface area contributed by atoms with Crippen LogP contribution >= 0.6 is 0 Å². The summed E-state index contributed by atoms with van der Waals surface area (Å²) in [7, 11) is 0. The van der Waals surface area contributed by atoms with Crippen LogP contribution in [0.1, 0.15) is 31.4 Å². The molecule has 0 atom stereocenters. The van der Waals surface area contributed by atoms with Crippen LogP contribution in [0.3, 0.4) is 0 Å². The van der Waals surface area contributed by atoms with Gasteiger partial charge in [0, 0.05) is 0 Å². The van der Waals surface area contributed by atoms with Crippen LogP contribution in [0.25, 0.3) is 0 Å². The molecule has 0 spiro atoms. The molecule has 1 saturated heterocycles. The molecule has 1 aromatic rings. The van der Waals surface area contributed by atoms with E-state index < -0.39 is 5.41 Å². The second kappa shape index (κ2) is 4.25. The first-order valence-electron chi connectivity index (χ1n) is 6.84. The maximum Gasteiger partial charge on any atom is 0.122 e. The van der Waals surface area contributed by atoms with Gasteiger partial charge in [-0.15, -0.1) is 0 Å². The summed E-state index contributed by atoms with van der Waals surface area (Å²) >= 11 is 0. The summed E-state index contributed by atoms with van der Waals surface area (Å²) < 4.78 is 11.1. The van der Waals surface area contributed by atoms with Gasteiger partial charge >= 0.3 is 0 Å². The molecule has 2 aliphatic rings. The molecule has 1 fully saturated rings. The average molecular weight is 257 g/mol. The van der Waals surface area contributed by atoms with Crippen LogP contribution in [-0.4, -0.2) is 19.8 Å². The number of rotatable bonds is 2. The fraction of sp³-hybridized carbons (Fsp3) is 0.562. The molecule has 0 aromatic heterocycles. The van der Waals surface area contributed by atoms with E-state index in [0.717, 1.165) is 25.2 Å². The minimum absolute atomic E-state index is 0.172. The van der Waals surface area contributed by atoms with Gasteiger partial charge in [0.2, 0.25) is 0 Å². The first-order valence-corrected chi connectivity index (χ1v) is 6.84. The van der Waals surface area contributed by atoms with Gasteiger partial charge in [0.25, 0.3) is 0 Å². The fourth-order valence-corrected chi connectivity index (χ4v) is 2.96. The Morgan fingerprint density at radius 3 is 2.74 bits per heavy atom. The summed E-state index contributed by atoms with van der Waals surface area (Å²) in [6.45, 7) is 6.08. The Kier molecular flexibility index (Phi) is 2.79. The maximum absolute atomic E-state index is 9.46. The van der Waals surface area contributed by atoms with Crippen molar-refractivity contribution in [2.24, 2.45) is 5.41 Å². The third-order valence-electron chi connectivity index (χ3n) is 4.63. The fourth-order valence-electron chi connectivity index (χ4n) is 2.96. The SMILES string of the molecule is CC(C)(C#N)C1(c2ccc3c(c2)CCCO3)COC1. The van der Waals surface area contributed by atoms with Crippen LogP contribution in [0.2, 0.25) is 0 Å². The molecule has 0 amide bonds. The lowest BCUT2D eigenvalue weighted by atomic mass is 9.61. The highest BCUT2D eigenvalue weighted by atomic mass is 16.5. The molecule has 2 aliphatic heterocycles. The molecule has 0 unspecified atom stereocenters. The highest BCUT2D eigenvalue weighted by Gasteiger charge is 2.52. The van der Waals surface area contributed by atoms with Crippen molar-refractivity contribution in [3.8, 4) is 11.8 Å². The molecule has 3 rings (SSSR count). The molecule has 1 aromatic carbocycles. The van der Waals surface area contributed by atoms with Crippen LogP contribution in [0, 0.1) is 16.7 Å². The Morgan fingerprint density at radius 2 is 2.11 bits per heavy atom. The van der Waals surface area contributed by atoms with Crippen molar-refractivity contribution in [2.45, 2.75) is 32.1 Å². The molecular formula is C16H19NO2. The minimum Gasteiger partial charge on any atom is -0.493 e. The summed E-state index contributed by atoms with van der Waals surface area (Å²) in [4.78, 5) is 0. The lowest BCUT2D eigenvalue weighted by molar-refractivity contribution is -0.102. The third kappa shape index (κ3) is 1.74. The van der Waals surface area contributed by atoms with E-state index in [0.29, 0.717) is 13.2 Å². The van der Waals surface area contributed by atoms with Crippen molar-refractivity contribution in [3.05, 3.63) is 29.3 Å². The minimum atomic E-state index is -0.422. The zero-order chi connectivity index (χ0) is 13.5. The summed E-state index contributed by atoms with van der Waals surface area (Å²) in [6, 6.07) is 8.83. The Bertz CT molecular complexity index is 538. The number of benzene rings is 1. The largest absolute Gasteiger partial charge is 0.493 e. The predicted molar refractivity (Wildman–Crippen MR) is 72.1 cm³/mol. The molecule has 0 saturated carbocycles. The van der Waals surface area contributed by atoms with Gasteiger partial charge in [-0.3, -0.25) is 0 Å². The lowest BCUT2D eigenvalue weighted by Crippen LogP contribution is -2.56. The number of nitrogens with zero attached hydrogens (tertiary/aromatic N) is 1. The Morgan fingerprint density at radius 1 is 1.32 bits per heavy atom. The van der Waals surface area contributed by atoms with Gasteiger partial charge < -0.3 is 9.47 Å². The zero-order valence-corrected chi connectivity index (χ0v) is 11.5. The van der Waals surface area contributed by atoms with Gasteiger partial charge in [0.15, 0.2) is 0 Å². The second-order valence-electron chi connectivity index (χ2n) is 6.09. The average Bonchev–Trinajstić information content (AvgIpc) is 2.37. The molecule has 2 heterocycles. The summed E-state index contributed by atoms with van der Waals surface area (Å²) in [5.74, 6) is 1.00. The Labute approximate surface area is 114 Å². The molecule has 3 heteroatoms. The monoisotopic (exact) mass is 257 g/mol. The molecule has 0 radical (unpaired) electrons. The van der Waals surface area contributed by atoms with Crippen molar-refractivity contribution in [3.63, 3.8) is 0 Å². The van der Waals surface area contributed by atoms with E-state index in [-0.39, 0.29) is 5.41 Å². The van der Waals surface area contributed by atoms with Crippen molar-refractivity contribution in [1.82, 2.24) is 0 Å². The van der Waals surface area contributed by atoms with Gasteiger partial charge in [0.05, 0.1) is 36.7 Å². The number of aryl methyl sites for hydroxylation is 1. The third-order valence-corrected chi connectivity index (χ3v) is 4.63. The van der Waals surface area contributed by atoms with E-state index in [2.05, 4.69) is 24.3 Å². The summed E-state index contributed by atoms with van der Waals surface area (Å²) in [5.41, 5.74) is 1.89. The van der Waals surface area contributed by atoms with Crippen molar-refractivity contribution < 1.29 is 9.47 Å². The van der Waals surface area contributed by atoms with E-state index in [1.165, 1.54) is 11.1 Å². The quantitative estimate of drug-likeness (QED) is 0.818. The lowest BCUT2D eigenvalue weighted by Gasteiger charge is -2.49. The second-order valence-corrected chi connectivity index (χ2v) is 6.09. The van der Waals surface area contributed by atoms with Gasteiger partial charge in [-0.1, -0.05) is 12.1 Å². The van der Waals surface area contributed by atoms with Gasteiger partial charge in [-0.25, -0.2) is 0 Å². The van der Waals surface area contributed by atoms with Crippen LogP contribution in [0.15, 0.2) is 18.2 Å². The molecular weight excluding hydrogens is 238 g/mol. The van der Waals surface area contributed by atoms with Crippen molar-refractivity contribution in [2.75, 3.05) is 19.8 Å². The smallest absolute Gasteiger partial charge is 0.122 e. The zero-order valence-electron chi connectivity index (χ0n) is 11.5. The van der Waals surface area contributed by atoms with Crippen LogP contribution in [0.4, 0.5) is 0 Å². The molecule has 3 nitrogen and oxygen atoms in total. The Hall–Kier alpha value is -1.53. The molecule has 0 aliphatic carbocycles. The number of ether oxygens (including phenoxy) is 2. The first kappa shape index (κ1) is 12.5. The predicted octanol–water partition coefficient (Wildman–Crippen LogP) is 2.83. The van der Waals surface area contributed by atoms with E-state index in [4.69, 9.17) is 9.47 Å². The highest BCUT2D eigenvalue weighted by Crippen LogP contribution is 2.48. The molecule has 19 heavy (non-hydrogen) atoms. The standard InChI is InChI=1S/C16H19NO2/c1-15(2,9-17)16(10-18-11-16)13-5-6-14-12(8-13)4-3-7-19-14/h5-6,8H,3-4,7,10-11H2,1-2H3. The summed E-state index contributed by atoms with van der Waals surface area (Å²) in [5, 5.41) is 9.46. The van der Waals surface area contributed by atoms with E-state index in [9.17, 15) is 5.26 Å². The Balaban J connectivity index is 2.04. The van der Waals surface area contributed by atoms with E-state index in [1.54, 1.807) is 0 Å².